The summed E-state index contributed by atoms with van der Waals surface area (Å²) in [4.78, 5) is 28.7. The molecule has 0 fully saturated rings. The van der Waals surface area contributed by atoms with Crippen LogP contribution in [0.4, 0.5) is 13.2 Å². The molecule has 0 aliphatic carbocycles. The largest absolute Gasteiger partial charge is 0.417 e. The summed E-state index contributed by atoms with van der Waals surface area (Å²) in [6.07, 6.45) is -4.12. The Balaban J connectivity index is 1.76. The van der Waals surface area contributed by atoms with Gasteiger partial charge in [-0.1, -0.05) is 54.1 Å². The predicted molar refractivity (Wildman–Crippen MR) is 115 cm³/mol. The minimum atomic E-state index is -4.59. The maximum absolute atomic E-state index is 12.8. The van der Waals surface area contributed by atoms with Gasteiger partial charge in [0, 0.05) is 25.2 Å². The molecule has 1 atom stereocenters. The third-order valence-electron chi connectivity index (χ3n) is 4.76. The highest BCUT2D eigenvalue weighted by atomic mass is 35.5. The number of rotatable bonds is 6. The fourth-order valence-electron chi connectivity index (χ4n) is 3.03. The van der Waals surface area contributed by atoms with Gasteiger partial charge in [0.2, 0.25) is 5.91 Å². The fourth-order valence-corrected chi connectivity index (χ4v) is 3.28. The SMILES string of the molecule is CNC(=O)C(Cc1ncc(C(F)(F)F)cc1Cl)NC(=O)c1ccc(-c2ccccc2)cc1. The Bertz CT molecular complexity index is 1100. The molecule has 0 saturated heterocycles. The van der Waals surface area contributed by atoms with Crippen molar-refractivity contribution in [1.29, 1.82) is 0 Å². The molecule has 32 heavy (non-hydrogen) atoms. The van der Waals surface area contributed by atoms with Crippen LogP contribution in [0, 0.1) is 0 Å². The van der Waals surface area contributed by atoms with Gasteiger partial charge in [-0.2, -0.15) is 13.2 Å². The molecule has 2 N–H and O–H groups in total. The van der Waals surface area contributed by atoms with E-state index in [-0.39, 0.29) is 17.1 Å². The molecular weight excluding hydrogens is 443 g/mol. The van der Waals surface area contributed by atoms with Crippen molar-refractivity contribution in [1.82, 2.24) is 15.6 Å². The van der Waals surface area contributed by atoms with E-state index in [0.29, 0.717) is 11.8 Å². The van der Waals surface area contributed by atoms with Crippen LogP contribution in [0.15, 0.2) is 66.9 Å². The van der Waals surface area contributed by atoms with Crippen molar-refractivity contribution in [2.45, 2.75) is 18.6 Å². The van der Waals surface area contributed by atoms with E-state index >= 15 is 0 Å². The summed E-state index contributed by atoms with van der Waals surface area (Å²) in [5.41, 5.74) is 1.31. The van der Waals surface area contributed by atoms with E-state index in [4.69, 9.17) is 11.6 Å². The van der Waals surface area contributed by atoms with Crippen LogP contribution >= 0.6 is 11.6 Å². The number of nitrogens with one attached hydrogen (secondary N) is 2. The van der Waals surface area contributed by atoms with Crippen LogP contribution < -0.4 is 10.6 Å². The number of likely N-dealkylation sites (N-methyl/N-ethyl adjacent to an activating group) is 1. The highest BCUT2D eigenvalue weighted by molar-refractivity contribution is 6.31. The number of amides is 2. The standard InChI is InChI=1S/C23H19ClF3N3O2/c1-28-22(32)20(12-19-18(24)11-17(13-29-19)23(25,26)27)30-21(31)16-9-7-15(8-10-16)14-5-3-2-4-6-14/h2-11,13,20H,12H2,1H3,(H,28,32)(H,30,31). The van der Waals surface area contributed by atoms with Crippen molar-refractivity contribution in [3.8, 4) is 11.1 Å². The Kier molecular flexibility index (Phi) is 7.15. The number of benzene rings is 2. The summed E-state index contributed by atoms with van der Waals surface area (Å²) in [5.74, 6) is -1.04. The van der Waals surface area contributed by atoms with E-state index in [2.05, 4.69) is 15.6 Å². The number of nitrogens with zero attached hydrogens (tertiary/aromatic N) is 1. The van der Waals surface area contributed by atoms with Crippen molar-refractivity contribution >= 4 is 23.4 Å². The van der Waals surface area contributed by atoms with Gasteiger partial charge in [0.25, 0.3) is 5.91 Å². The summed E-state index contributed by atoms with van der Waals surface area (Å²) in [6, 6.07) is 16.1. The van der Waals surface area contributed by atoms with Crippen LogP contribution in [-0.4, -0.2) is 29.9 Å². The summed E-state index contributed by atoms with van der Waals surface area (Å²) >= 11 is 5.95. The summed E-state index contributed by atoms with van der Waals surface area (Å²) in [5, 5.41) is 4.77. The first-order valence-corrected chi connectivity index (χ1v) is 9.96. The number of aromatic nitrogens is 1. The number of alkyl halides is 3. The average Bonchev–Trinajstić information content (AvgIpc) is 2.79. The molecule has 3 rings (SSSR count). The molecule has 3 aromatic rings. The zero-order valence-electron chi connectivity index (χ0n) is 16.9. The van der Waals surface area contributed by atoms with Crippen LogP contribution in [0.2, 0.25) is 5.02 Å². The first-order chi connectivity index (χ1) is 15.2. The number of halogens is 4. The lowest BCUT2D eigenvalue weighted by Gasteiger charge is -2.18. The van der Waals surface area contributed by atoms with Crippen molar-refractivity contribution in [2.24, 2.45) is 0 Å². The molecule has 0 aliphatic heterocycles. The Hall–Kier alpha value is -3.39. The molecule has 1 unspecified atom stereocenters. The van der Waals surface area contributed by atoms with Crippen LogP contribution in [-0.2, 0) is 17.4 Å². The second kappa shape index (κ2) is 9.82. The number of carbonyl (C=O) groups is 2. The third kappa shape index (κ3) is 5.64. The topological polar surface area (TPSA) is 71.1 Å². The lowest BCUT2D eigenvalue weighted by molar-refractivity contribution is -0.137. The Morgan fingerprint density at radius 2 is 1.66 bits per heavy atom. The van der Waals surface area contributed by atoms with Gasteiger partial charge in [-0.3, -0.25) is 14.6 Å². The van der Waals surface area contributed by atoms with Gasteiger partial charge in [-0.25, -0.2) is 0 Å². The molecule has 0 aliphatic rings. The van der Waals surface area contributed by atoms with Crippen LogP contribution in [0.5, 0.6) is 0 Å². The molecule has 1 aromatic heterocycles. The minimum absolute atomic E-state index is 0.0630. The molecule has 0 saturated carbocycles. The van der Waals surface area contributed by atoms with E-state index in [1.165, 1.54) is 7.05 Å². The highest BCUT2D eigenvalue weighted by Crippen LogP contribution is 2.31. The normalized spacial score (nSPS) is 12.2. The van der Waals surface area contributed by atoms with Crippen molar-refractivity contribution in [3.63, 3.8) is 0 Å². The first kappa shape index (κ1) is 23.3. The second-order valence-corrected chi connectivity index (χ2v) is 7.35. The zero-order chi connectivity index (χ0) is 23.3. The van der Waals surface area contributed by atoms with E-state index in [1.54, 1.807) is 24.3 Å². The van der Waals surface area contributed by atoms with Gasteiger partial charge < -0.3 is 10.6 Å². The molecule has 0 bridgehead atoms. The number of carbonyl (C=O) groups excluding carboxylic acids is 2. The molecule has 0 spiro atoms. The van der Waals surface area contributed by atoms with Crippen LogP contribution in [0.1, 0.15) is 21.6 Å². The Morgan fingerprint density at radius 1 is 1.03 bits per heavy atom. The highest BCUT2D eigenvalue weighted by Gasteiger charge is 2.32. The van der Waals surface area contributed by atoms with E-state index in [9.17, 15) is 22.8 Å². The van der Waals surface area contributed by atoms with Crippen LogP contribution in [0.25, 0.3) is 11.1 Å². The monoisotopic (exact) mass is 461 g/mol. The molecule has 2 amide bonds. The number of pyridine rings is 1. The molecule has 2 aromatic carbocycles. The maximum Gasteiger partial charge on any atom is 0.417 e. The molecule has 0 radical (unpaired) electrons. The number of hydrogen-bond donors (Lipinski definition) is 2. The smallest absolute Gasteiger partial charge is 0.357 e. The third-order valence-corrected chi connectivity index (χ3v) is 5.09. The minimum Gasteiger partial charge on any atom is -0.357 e. The molecule has 1 heterocycles. The van der Waals surface area contributed by atoms with E-state index in [1.807, 2.05) is 30.3 Å². The van der Waals surface area contributed by atoms with Crippen molar-refractivity contribution < 1.29 is 22.8 Å². The zero-order valence-corrected chi connectivity index (χ0v) is 17.7. The average molecular weight is 462 g/mol. The van der Waals surface area contributed by atoms with Gasteiger partial charge in [-0.15, -0.1) is 0 Å². The summed E-state index contributed by atoms with van der Waals surface area (Å²) < 4.78 is 38.5. The Labute approximate surface area is 187 Å². The molecular formula is C23H19ClF3N3O2. The van der Waals surface area contributed by atoms with Gasteiger partial charge in [0.15, 0.2) is 0 Å². The lowest BCUT2D eigenvalue weighted by atomic mass is 10.0. The Morgan fingerprint density at radius 3 is 2.22 bits per heavy atom. The summed E-state index contributed by atoms with van der Waals surface area (Å²) in [6.45, 7) is 0. The first-order valence-electron chi connectivity index (χ1n) is 9.58. The van der Waals surface area contributed by atoms with Crippen molar-refractivity contribution in [2.75, 3.05) is 7.05 Å². The second-order valence-electron chi connectivity index (χ2n) is 6.94. The molecule has 5 nitrogen and oxygen atoms in total. The van der Waals surface area contributed by atoms with E-state index < -0.39 is 29.6 Å². The van der Waals surface area contributed by atoms with Gasteiger partial charge in [0.05, 0.1) is 16.3 Å². The molecule has 166 valence electrons. The fraction of sp³-hybridized carbons (Fsp3) is 0.174. The van der Waals surface area contributed by atoms with Gasteiger partial charge in [-0.05, 0) is 29.3 Å². The van der Waals surface area contributed by atoms with Crippen molar-refractivity contribution in [3.05, 3.63) is 88.7 Å². The molecule has 9 heteroatoms. The maximum atomic E-state index is 12.8. The summed E-state index contributed by atoms with van der Waals surface area (Å²) in [7, 11) is 1.39. The van der Waals surface area contributed by atoms with E-state index in [0.717, 1.165) is 17.2 Å². The van der Waals surface area contributed by atoms with Gasteiger partial charge >= 0.3 is 6.18 Å². The van der Waals surface area contributed by atoms with Crippen LogP contribution in [0.3, 0.4) is 0 Å². The quantitative estimate of drug-likeness (QED) is 0.567. The number of hydrogen-bond acceptors (Lipinski definition) is 3. The lowest BCUT2D eigenvalue weighted by Crippen LogP contribution is -2.47. The van der Waals surface area contributed by atoms with Gasteiger partial charge in [0.1, 0.15) is 6.04 Å². The predicted octanol–water partition coefficient (Wildman–Crippen LogP) is 4.51.